The number of hydrogen-bond acceptors (Lipinski definition) is 2. The summed E-state index contributed by atoms with van der Waals surface area (Å²) in [7, 11) is 0. The maximum atomic E-state index is 12.5. The minimum absolute atomic E-state index is 0.0294. The Hall–Kier alpha value is -1.16. The monoisotopic (exact) mass is 277 g/mol. The Balaban J connectivity index is 1.59. The molecule has 1 saturated heterocycles. The summed E-state index contributed by atoms with van der Waals surface area (Å²) < 4.78 is 0. The zero-order chi connectivity index (χ0) is 14.3. The van der Waals surface area contributed by atoms with Gasteiger partial charge in [-0.25, -0.2) is 0 Å². The van der Waals surface area contributed by atoms with Crippen molar-refractivity contribution in [3.05, 3.63) is 12.2 Å². The summed E-state index contributed by atoms with van der Waals surface area (Å²) in [4.78, 5) is 28.0. The molecule has 1 saturated carbocycles. The van der Waals surface area contributed by atoms with Crippen LogP contribution in [-0.2, 0) is 9.59 Å². The topological polar surface area (TPSA) is 41.8 Å². The molecule has 1 N–H and O–H groups in total. The first kappa shape index (κ1) is 13.8. The van der Waals surface area contributed by atoms with Gasteiger partial charge in [0, 0.05) is 13.0 Å². The van der Waals surface area contributed by atoms with Gasteiger partial charge < -0.3 is 4.90 Å². The van der Waals surface area contributed by atoms with Crippen LogP contribution in [-0.4, -0.2) is 42.9 Å². The second-order valence-electron chi connectivity index (χ2n) is 6.39. The van der Waals surface area contributed by atoms with Gasteiger partial charge in [0.15, 0.2) is 0 Å². The quantitative estimate of drug-likeness (QED) is 0.553. The molecule has 3 rings (SSSR count). The predicted octanol–water partition coefficient (Wildman–Crippen LogP) is 0.108. The van der Waals surface area contributed by atoms with Crippen LogP contribution in [0.4, 0.5) is 0 Å². The molecule has 0 aromatic heterocycles. The minimum atomic E-state index is -0.0294. The van der Waals surface area contributed by atoms with Gasteiger partial charge in [-0.15, -0.1) is 0 Å². The smallest absolute Gasteiger partial charge is 0.233 e. The van der Waals surface area contributed by atoms with Crippen LogP contribution >= 0.6 is 0 Å². The zero-order valence-electron chi connectivity index (χ0n) is 12.5. The van der Waals surface area contributed by atoms with Crippen molar-refractivity contribution < 1.29 is 14.5 Å². The lowest BCUT2D eigenvalue weighted by molar-refractivity contribution is -0.896. The van der Waals surface area contributed by atoms with Crippen LogP contribution in [0.2, 0.25) is 0 Å². The highest BCUT2D eigenvalue weighted by Gasteiger charge is 2.58. The van der Waals surface area contributed by atoms with E-state index in [0.717, 1.165) is 32.5 Å². The SMILES string of the molecule is CC[NH+](CC)CCCN1C(=O)[C@@H]2[C@H](C1=O)[C@H]1C=C[C@H]2C1. The molecule has 110 valence electrons. The van der Waals surface area contributed by atoms with Crippen molar-refractivity contribution in [2.75, 3.05) is 26.2 Å². The normalized spacial score (nSPS) is 34.6. The third-order valence-corrected chi connectivity index (χ3v) is 5.47. The van der Waals surface area contributed by atoms with Crippen molar-refractivity contribution in [3.8, 4) is 0 Å². The molecule has 20 heavy (non-hydrogen) atoms. The van der Waals surface area contributed by atoms with Gasteiger partial charge in [-0.3, -0.25) is 14.5 Å². The fourth-order valence-electron chi connectivity index (χ4n) is 4.28. The Morgan fingerprint density at radius 3 is 2.15 bits per heavy atom. The van der Waals surface area contributed by atoms with E-state index in [9.17, 15) is 9.59 Å². The third kappa shape index (κ3) is 2.01. The van der Waals surface area contributed by atoms with Crippen molar-refractivity contribution in [2.24, 2.45) is 23.7 Å². The van der Waals surface area contributed by atoms with E-state index in [4.69, 9.17) is 0 Å². The molecule has 3 aliphatic rings. The fraction of sp³-hybridized carbons (Fsp3) is 0.750. The number of likely N-dealkylation sites (tertiary alicyclic amines) is 1. The standard InChI is InChI=1S/C16H24N2O2/c1-3-17(4-2)8-5-9-18-15(19)13-11-6-7-12(10-11)14(13)16(18)20/h6-7,11-14H,3-5,8-10H2,1-2H3/p+1/t11-,12-,13-,14+/m0/s1. The second-order valence-corrected chi connectivity index (χ2v) is 6.39. The highest BCUT2D eigenvalue weighted by Crippen LogP contribution is 2.52. The van der Waals surface area contributed by atoms with E-state index >= 15 is 0 Å². The molecule has 0 unspecified atom stereocenters. The first-order chi connectivity index (χ1) is 9.67. The molecule has 4 nitrogen and oxygen atoms in total. The minimum Gasteiger partial charge on any atom is -0.335 e. The first-order valence-electron chi connectivity index (χ1n) is 8.04. The molecule has 0 radical (unpaired) electrons. The average molecular weight is 277 g/mol. The Morgan fingerprint density at radius 1 is 1.10 bits per heavy atom. The largest absolute Gasteiger partial charge is 0.335 e. The highest BCUT2D eigenvalue weighted by atomic mass is 16.2. The molecule has 0 aromatic carbocycles. The number of nitrogens with zero attached hydrogens (tertiary/aromatic N) is 1. The average Bonchev–Trinajstić information content (AvgIpc) is 3.12. The molecule has 1 aliphatic heterocycles. The Labute approximate surface area is 120 Å². The van der Waals surface area contributed by atoms with Crippen LogP contribution in [0.5, 0.6) is 0 Å². The number of imide groups is 1. The van der Waals surface area contributed by atoms with E-state index in [1.807, 2.05) is 0 Å². The van der Waals surface area contributed by atoms with E-state index in [1.54, 1.807) is 4.90 Å². The molecule has 0 aromatic rings. The summed E-state index contributed by atoms with van der Waals surface area (Å²) in [6, 6.07) is 0. The molecular weight excluding hydrogens is 252 g/mol. The molecule has 1 heterocycles. The van der Waals surface area contributed by atoms with Crippen LogP contribution in [0.25, 0.3) is 0 Å². The van der Waals surface area contributed by atoms with E-state index < -0.39 is 0 Å². The van der Waals surface area contributed by atoms with Crippen LogP contribution in [0.3, 0.4) is 0 Å². The van der Waals surface area contributed by atoms with Crippen molar-refractivity contribution in [1.29, 1.82) is 0 Å². The molecule has 0 spiro atoms. The van der Waals surface area contributed by atoms with E-state index in [2.05, 4.69) is 26.0 Å². The summed E-state index contributed by atoms with van der Waals surface area (Å²) in [5.74, 6) is 0.814. The fourth-order valence-corrected chi connectivity index (χ4v) is 4.28. The molecule has 4 atom stereocenters. The van der Waals surface area contributed by atoms with Gasteiger partial charge >= 0.3 is 0 Å². The maximum Gasteiger partial charge on any atom is 0.233 e. The van der Waals surface area contributed by atoms with Gasteiger partial charge in [0.25, 0.3) is 0 Å². The molecule has 2 aliphatic carbocycles. The number of allylic oxidation sites excluding steroid dienone is 2. The lowest BCUT2D eigenvalue weighted by Crippen LogP contribution is -3.11. The number of amides is 2. The highest BCUT2D eigenvalue weighted by molar-refractivity contribution is 6.06. The number of nitrogens with one attached hydrogen (secondary N) is 1. The lowest BCUT2D eigenvalue weighted by atomic mass is 9.85. The van der Waals surface area contributed by atoms with E-state index in [0.29, 0.717) is 18.4 Å². The zero-order valence-corrected chi connectivity index (χ0v) is 12.5. The van der Waals surface area contributed by atoms with Gasteiger partial charge in [0.2, 0.25) is 11.8 Å². The number of fused-ring (bicyclic) bond motifs is 5. The van der Waals surface area contributed by atoms with E-state index in [1.165, 1.54) is 4.90 Å². The predicted molar refractivity (Wildman–Crippen MR) is 76.0 cm³/mol. The lowest BCUT2D eigenvalue weighted by Gasteiger charge is -2.19. The van der Waals surface area contributed by atoms with Crippen LogP contribution in [0, 0.1) is 23.7 Å². The third-order valence-electron chi connectivity index (χ3n) is 5.47. The number of quaternary nitrogens is 1. The van der Waals surface area contributed by atoms with Crippen molar-refractivity contribution >= 4 is 11.8 Å². The van der Waals surface area contributed by atoms with Gasteiger partial charge in [-0.1, -0.05) is 12.2 Å². The summed E-state index contributed by atoms with van der Waals surface area (Å²) in [6.07, 6.45) is 6.25. The first-order valence-corrected chi connectivity index (χ1v) is 8.04. The Kier molecular flexibility index (Phi) is 3.67. The maximum absolute atomic E-state index is 12.5. The number of rotatable bonds is 6. The summed E-state index contributed by atoms with van der Waals surface area (Å²) >= 11 is 0. The van der Waals surface area contributed by atoms with Gasteiger partial charge in [-0.05, 0) is 32.1 Å². The number of carbonyl (C=O) groups excluding carboxylic acids is 2. The Bertz CT molecular complexity index is 412. The summed E-state index contributed by atoms with van der Waals surface area (Å²) in [5.41, 5.74) is 0. The molecule has 2 bridgehead atoms. The van der Waals surface area contributed by atoms with Crippen LogP contribution in [0.1, 0.15) is 26.7 Å². The van der Waals surface area contributed by atoms with Gasteiger partial charge in [0.1, 0.15) is 0 Å². The molecular formula is C16H25N2O2+. The van der Waals surface area contributed by atoms with Crippen molar-refractivity contribution in [3.63, 3.8) is 0 Å². The molecule has 2 amide bonds. The van der Waals surface area contributed by atoms with Gasteiger partial charge in [-0.2, -0.15) is 0 Å². The van der Waals surface area contributed by atoms with Crippen LogP contribution in [0.15, 0.2) is 12.2 Å². The summed E-state index contributed by atoms with van der Waals surface area (Å²) in [6.45, 7) is 8.24. The Morgan fingerprint density at radius 2 is 1.65 bits per heavy atom. The number of hydrogen-bond donors (Lipinski definition) is 1. The van der Waals surface area contributed by atoms with Crippen molar-refractivity contribution in [1.82, 2.24) is 4.90 Å². The molecule has 4 heteroatoms. The van der Waals surface area contributed by atoms with Gasteiger partial charge in [0.05, 0.1) is 31.5 Å². The second kappa shape index (κ2) is 5.32. The van der Waals surface area contributed by atoms with Crippen molar-refractivity contribution in [2.45, 2.75) is 26.7 Å². The molecule has 2 fully saturated rings. The van der Waals surface area contributed by atoms with E-state index in [-0.39, 0.29) is 23.7 Å². The summed E-state index contributed by atoms with van der Waals surface area (Å²) in [5, 5.41) is 0. The number of carbonyl (C=O) groups is 2. The van der Waals surface area contributed by atoms with Crippen LogP contribution < -0.4 is 4.90 Å².